The molecule has 5 heteroatoms. The van der Waals surface area contributed by atoms with Crippen LogP contribution in [0.25, 0.3) is 0 Å². The summed E-state index contributed by atoms with van der Waals surface area (Å²) >= 11 is 0. The lowest BCUT2D eigenvalue weighted by Gasteiger charge is -2.34. The summed E-state index contributed by atoms with van der Waals surface area (Å²) in [4.78, 5) is 29.4. The Hall–Kier alpha value is -3.60. The van der Waals surface area contributed by atoms with Gasteiger partial charge >= 0.3 is 0 Å². The lowest BCUT2D eigenvalue weighted by atomic mass is 10.1. The van der Waals surface area contributed by atoms with E-state index in [0.29, 0.717) is 18.0 Å². The van der Waals surface area contributed by atoms with Gasteiger partial charge in [-0.2, -0.15) is 0 Å². The molecule has 4 rings (SSSR count). The van der Waals surface area contributed by atoms with Gasteiger partial charge in [0.05, 0.1) is 12.2 Å². The average molecular weight is 386 g/mol. The van der Waals surface area contributed by atoms with Crippen molar-refractivity contribution >= 4 is 23.2 Å². The Labute approximate surface area is 170 Å². The second-order valence-electron chi connectivity index (χ2n) is 6.95. The van der Waals surface area contributed by atoms with E-state index in [1.54, 1.807) is 17.9 Å². The summed E-state index contributed by atoms with van der Waals surface area (Å²) in [6.07, 6.45) is -0.628. The van der Waals surface area contributed by atoms with E-state index in [1.807, 2.05) is 78.9 Å². The van der Waals surface area contributed by atoms with Crippen molar-refractivity contribution in [3.8, 4) is 5.75 Å². The summed E-state index contributed by atoms with van der Waals surface area (Å²) in [6.45, 7) is 2.08. The van der Waals surface area contributed by atoms with E-state index in [-0.39, 0.29) is 18.4 Å². The molecular weight excluding hydrogens is 364 g/mol. The van der Waals surface area contributed by atoms with Gasteiger partial charge in [0.2, 0.25) is 5.91 Å². The van der Waals surface area contributed by atoms with Crippen molar-refractivity contribution in [1.82, 2.24) is 0 Å². The topological polar surface area (TPSA) is 49.9 Å². The Kier molecular flexibility index (Phi) is 5.29. The fraction of sp³-hybridized carbons (Fsp3) is 0.167. The maximum Gasteiger partial charge on any atom is 0.268 e. The first-order valence-electron chi connectivity index (χ1n) is 9.60. The molecule has 0 fully saturated rings. The molecule has 0 saturated carbocycles. The zero-order chi connectivity index (χ0) is 20.2. The fourth-order valence-electron chi connectivity index (χ4n) is 3.44. The summed E-state index contributed by atoms with van der Waals surface area (Å²) in [5.41, 5.74) is 2.44. The fourth-order valence-corrected chi connectivity index (χ4v) is 3.44. The van der Waals surface area contributed by atoms with Crippen LogP contribution >= 0.6 is 0 Å². The second kappa shape index (κ2) is 8.19. The average Bonchev–Trinajstić information content (AvgIpc) is 2.76. The number of hydrogen-bond donors (Lipinski definition) is 0. The third kappa shape index (κ3) is 3.99. The van der Waals surface area contributed by atoms with Gasteiger partial charge < -0.3 is 9.64 Å². The number of para-hydroxylation sites is 3. The van der Waals surface area contributed by atoms with Gasteiger partial charge in [0.1, 0.15) is 12.3 Å². The molecule has 1 aliphatic rings. The maximum atomic E-state index is 13.4. The molecule has 1 atom stereocenters. The van der Waals surface area contributed by atoms with Crippen LogP contribution in [-0.2, 0) is 16.1 Å². The van der Waals surface area contributed by atoms with Gasteiger partial charge in [0, 0.05) is 5.69 Å². The molecule has 2 amide bonds. The molecule has 0 unspecified atom stereocenters. The number of carbonyl (C=O) groups is 2. The van der Waals surface area contributed by atoms with Crippen LogP contribution in [0.3, 0.4) is 0 Å². The second-order valence-corrected chi connectivity index (χ2v) is 6.95. The normalized spacial score (nSPS) is 15.4. The third-order valence-corrected chi connectivity index (χ3v) is 4.92. The number of benzene rings is 3. The molecule has 3 aromatic carbocycles. The minimum absolute atomic E-state index is 0.0503. The van der Waals surface area contributed by atoms with Crippen molar-refractivity contribution in [3.05, 3.63) is 90.5 Å². The summed E-state index contributed by atoms with van der Waals surface area (Å²) < 4.78 is 5.68. The Bertz CT molecular complexity index is 1000. The number of fused-ring (bicyclic) bond motifs is 1. The summed E-state index contributed by atoms with van der Waals surface area (Å²) in [5.74, 6) is 0.240. The highest BCUT2D eigenvalue weighted by Gasteiger charge is 2.33. The predicted octanol–water partition coefficient (Wildman–Crippen LogP) is 4.03. The van der Waals surface area contributed by atoms with Crippen molar-refractivity contribution in [3.63, 3.8) is 0 Å². The van der Waals surface area contributed by atoms with E-state index in [9.17, 15) is 9.59 Å². The molecule has 146 valence electrons. The molecule has 0 N–H and O–H groups in total. The number of amides is 2. The van der Waals surface area contributed by atoms with Gasteiger partial charge in [-0.05, 0) is 36.8 Å². The van der Waals surface area contributed by atoms with E-state index in [0.717, 1.165) is 11.3 Å². The van der Waals surface area contributed by atoms with E-state index in [1.165, 1.54) is 4.90 Å². The number of rotatable bonds is 5. The van der Waals surface area contributed by atoms with E-state index >= 15 is 0 Å². The molecule has 1 heterocycles. The molecule has 5 nitrogen and oxygen atoms in total. The molecule has 0 aliphatic carbocycles. The molecular formula is C24H22N2O3. The van der Waals surface area contributed by atoms with Crippen LogP contribution in [0, 0.1) is 0 Å². The Morgan fingerprint density at radius 3 is 2.28 bits per heavy atom. The lowest BCUT2D eigenvalue weighted by Crippen LogP contribution is -2.49. The van der Waals surface area contributed by atoms with Crippen molar-refractivity contribution in [1.29, 1.82) is 0 Å². The van der Waals surface area contributed by atoms with Crippen LogP contribution < -0.4 is 14.5 Å². The number of hydrogen-bond acceptors (Lipinski definition) is 3. The summed E-state index contributed by atoms with van der Waals surface area (Å²) in [5, 5.41) is 0. The zero-order valence-electron chi connectivity index (χ0n) is 16.2. The van der Waals surface area contributed by atoms with Crippen LogP contribution in [0.4, 0.5) is 11.4 Å². The summed E-state index contributed by atoms with van der Waals surface area (Å²) in [6, 6.07) is 26.6. The molecule has 0 bridgehead atoms. The molecule has 29 heavy (non-hydrogen) atoms. The predicted molar refractivity (Wildman–Crippen MR) is 113 cm³/mol. The van der Waals surface area contributed by atoms with Gasteiger partial charge in [0.15, 0.2) is 6.10 Å². The Balaban J connectivity index is 1.64. The van der Waals surface area contributed by atoms with Crippen molar-refractivity contribution in [2.75, 3.05) is 16.3 Å². The van der Waals surface area contributed by atoms with Gasteiger partial charge in [-0.1, -0.05) is 60.7 Å². The van der Waals surface area contributed by atoms with Crippen LogP contribution in [0.1, 0.15) is 12.5 Å². The van der Waals surface area contributed by atoms with Gasteiger partial charge in [-0.25, -0.2) is 0 Å². The number of ether oxygens (including phenoxy) is 1. The Morgan fingerprint density at radius 1 is 0.931 bits per heavy atom. The standard InChI is InChI=1S/C24H22N2O3/c1-18-24(28)26(21-14-8-9-15-22(21)29-18)17-23(27)25(20-12-6-3-7-13-20)16-19-10-4-2-5-11-19/h2-15,18H,16-17H2,1H3/t18-/m1/s1. The first kappa shape index (κ1) is 18.7. The number of nitrogens with zero attached hydrogens (tertiary/aromatic N) is 2. The molecule has 0 radical (unpaired) electrons. The van der Waals surface area contributed by atoms with Crippen molar-refractivity contribution in [2.45, 2.75) is 19.6 Å². The van der Waals surface area contributed by atoms with Crippen molar-refractivity contribution < 1.29 is 14.3 Å². The first-order chi connectivity index (χ1) is 14.1. The van der Waals surface area contributed by atoms with Crippen LogP contribution in [-0.4, -0.2) is 24.5 Å². The smallest absolute Gasteiger partial charge is 0.268 e. The van der Waals surface area contributed by atoms with Gasteiger partial charge in [-0.15, -0.1) is 0 Å². The summed E-state index contributed by atoms with van der Waals surface area (Å²) in [7, 11) is 0. The SMILES string of the molecule is C[C@H]1Oc2ccccc2N(CC(=O)N(Cc2ccccc2)c2ccccc2)C1=O. The number of carbonyl (C=O) groups excluding carboxylic acids is 2. The largest absolute Gasteiger partial charge is 0.479 e. The highest BCUT2D eigenvalue weighted by Crippen LogP contribution is 2.33. The maximum absolute atomic E-state index is 13.4. The Morgan fingerprint density at radius 2 is 1.55 bits per heavy atom. The van der Waals surface area contributed by atoms with Crippen molar-refractivity contribution in [2.24, 2.45) is 0 Å². The van der Waals surface area contributed by atoms with E-state index in [2.05, 4.69) is 0 Å². The first-order valence-corrected chi connectivity index (χ1v) is 9.60. The van der Waals surface area contributed by atoms with E-state index in [4.69, 9.17) is 4.74 Å². The quantitative estimate of drug-likeness (QED) is 0.665. The highest BCUT2D eigenvalue weighted by molar-refractivity contribution is 6.06. The van der Waals surface area contributed by atoms with Gasteiger partial charge in [0.25, 0.3) is 5.91 Å². The molecule has 1 aliphatic heterocycles. The minimum atomic E-state index is -0.628. The molecule has 0 spiro atoms. The zero-order valence-corrected chi connectivity index (χ0v) is 16.2. The van der Waals surface area contributed by atoms with Crippen LogP contribution in [0.15, 0.2) is 84.9 Å². The third-order valence-electron chi connectivity index (χ3n) is 4.92. The van der Waals surface area contributed by atoms with Gasteiger partial charge in [-0.3, -0.25) is 14.5 Å². The molecule has 0 aromatic heterocycles. The molecule has 0 saturated heterocycles. The van der Waals surface area contributed by atoms with E-state index < -0.39 is 6.10 Å². The highest BCUT2D eigenvalue weighted by atomic mass is 16.5. The van der Waals surface area contributed by atoms with Crippen LogP contribution in [0.5, 0.6) is 5.75 Å². The number of anilines is 2. The monoisotopic (exact) mass is 386 g/mol. The lowest BCUT2D eigenvalue weighted by molar-refractivity contribution is -0.127. The van der Waals surface area contributed by atoms with Crippen LogP contribution in [0.2, 0.25) is 0 Å². The minimum Gasteiger partial charge on any atom is -0.479 e. The molecule has 3 aromatic rings.